The molecule has 31 heavy (non-hydrogen) atoms. The summed E-state index contributed by atoms with van der Waals surface area (Å²) in [5.41, 5.74) is 2.09. The number of aryl methyl sites for hydroxylation is 1. The maximum absolute atomic E-state index is 12.6. The van der Waals surface area contributed by atoms with E-state index >= 15 is 0 Å². The van der Waals surface area contributed by atoms with Gasteiger partial charge < -0.3 is 10.1 Å². The van der Waals surface area contributed by atoms with Crippen LogP contribution in [0.2, 0.25) is 0 Å². The predicted molar refractivity (Wildman–Crippen MR) is 112 cm³/mol. The zero-order valence-corrected chi connectivity index (χ0v) is 17.6. The zero-order valence-electron chi connectivity index (χ0n) is 17.6. The van der Waals surface area contributed by atoms with Crippen molar-refractivity contribution in [3.63, 3.8) is 0 Å². The van der Waals surface area contributed by atoms with E-state index in [-0.39, 0.29) is 16.9 Å². The van der Waals surface area contributed by atoms with E-state index in [0.29, 0.717) is 11.3 Å². The maximum atomic E-state index is 12.6. The molecule has 8 heteroatoms. The molecule has 0 aromatic heterocycles. The van der Waals surface area contributed by atoms with E-state index < -0.39 is 35.8 Å². The Morgan fingerprint density at radius 2 is 1.65 bits per heavy atom. The van der Waals surface area contributed by atoms with E-state index in [1.54, 1.807) is 43.3 Å². The average Bonchev–Trinajstić information content (AvgIpc) is 2.97. The van der Waals surface area contributed by atoms with Crippen LogP contribution in [0.1, 0.15) is 57.4 Å². The summed E-state index contributed by atoms with van der Waals surface area (Å²) in [6.07, 6.45) is -1.19. The normalized spacial score (nSPS) is 14.6. The monoisotopic (exact) mass is 422 g/mol. The number of carbonyl (C=O) groups is 5. The summed E-state index contributed by atoms with van der Waals surface area (Å²) in [7, 11) is 0. The third kappa shape index (κ3) is 4.37. The number of nitrogens with one attached hydrogen (secondary N) is 1. The van der Waals surface area contributed by atoms with Crippen molar-refractivity contribution < 1.29 is 28.7 Å². The molecule has 8 nitrogen and oxygen atoms in total. The van der Waals surface area contributed by atoms with Crippen LogP contribution in [0, 0.1) is 6.92 Å². The second-order valence-electron chi connectivity index (χ2n) is 7.41. The Hall–Kier alpha value is -3.81. The first-order chi connectivity index (χ1) is 14.6. The van der Waals surface area contributed by atoms with Gasteiger partial charge in [0.2, 0.25) is 0 Å². The van der Waals surface area contributed by atoms with Crippen molar-refractivity contribution in [3.05, 3.63) is 64.7 Å². The number of imide groups is 1. The van der Waals surface area contributed by atoms with Crippen molar-refractivity contribution in [2.45, 2.75) is 39.8 Å². The van der Waals surface area contributed by atoms with Gasteiger partial charge in [-0.05, 0) is 52.0 Å². The van der Waals surface area contributed by atoms with E-state index in [4.69, 9.17) is 4.74 Å². The molecule has 0 aliphatic carbocycles. The second-order valence-corrected chi connectivity index (χ2v) is 7.41. The van der Waals surface area contributed by atoms with Crippen molar-refractivity contribution in [3.8, 4) is 0 Å². The summed E-state index contributed by atoms with van der Waals surface area (Å²) in [4.78, 5) is 62.5. The fraction of sp³-hybridized carbons (Fsp3) is 0.261. The molecule has 1 heterocycles. The molecule has 1 aliphatic heterocycles. The number of hydrogen-bond acceptors (Lipinski definition) is 6. The minimum Gasteiger partial charge on any atom is -0.451 e. The van der Waals surface area contributed by atoms with Gasteiger partial charge in [0.25, 0.3) is 17.7 Å². The van der Waals surface area contributed by atoms with Gasteiger partial charge in [0, 0.05) is 11.3 Å². The molecule has 1 aliphatic rings. The lowest BCUT2D eigenvalue weighted by atomic mass is 10.1. The van der Waals surface area contributed by atoms with Gasteiger partial charge in [-0.1, -0.05) is 23.8 Å². The Labute approximate surface area is 179 Å². The van der Waals surface area contributed by atoms with Gasteiger partial charge >= 0.3 is 5.97 Å². The molecule has 0 bridgehead atoms. The van der Waals surface area contributed by atoms with Crippen LogP contribution < -0.4 is 5.32 Å². The molecule has 0 saturated carbocycles. The number of ether oxygens (including phenoxy) is 1. The van der Waals surface area contributed by atoms with Gasteiger partial charge in [0.15, 0.2) is 11.9 Å². The molecule has 160 valence electrons. The molecule has 3 amide bonds. The molecule has 2 unspecified atom stereocenters. The predicted octanol–water partition coefficient (Wildman–Crippen LogP) is 2.75. The summed E-state index contributed by atoms with van der Waals surface area (Å²) in [5, 5.41) is 2.57. The Balaban J connectivity index is 1.66. The van der Waals surface area contributed by atoms with Gasteiger partial charge in [-0.2, -0.15) is 0 Å². The van der Waals surface area contributed by atoms with Crippen LogP contribution >= 0.6 is 0 Å². The van der Waals surface area contributed by atoms with Crippen LogP contribution in [0.15, 0.2) is 42.5 Å². The summed E-state index contributed by atoms with van der Waals surface area (Å²) in [5.74, 6) is -2.81. The number of anilines is 1. The fourth-order valence-electron chi connectivity index (χ4n) is 3.22. The van der Waals surface area contributed by atoms with Gasteiger partial charge in [0.1, 0.15) is 6.04 Å². The summed E-state index contributed by atoms with van der Waals surface area (Å²) in [6, 6.07) is 10.0. The summed E-state index contributed by atoms with van der Waals surface area (Å²) >= 11 is 0. The van der Waals surface area contributed by atoms with Crippen LogP contribution in [0.25, 0.3) is 0 Å². The molecule has 0 spiro atoms. The third-order valence-electron chi connectivity index (χ3n) is 5.00. The fourth-order valence-corrected chi connectivity index (χ4v) is 3.22. The number of rotatable bonds is 6. The van der Waals surface area contributed by atoms with Crippen molar-refractivity contribution in [1.82, 2.24) is 4.90 Å². The minimum atomic E-state index is -1.20. The first-order valence-corrected chi connectivity index (χ1v) is 9.71. The summed E-state index contributed by atoms with van der Waals surface area (Å²) in [6.45, 7) is 5.95. The van der Waals surface area contributed by atoms with Crippen LogP contribution in [0.5, 0.6) is 0 Å². The molecule has 1 N–H and O–H groups in total. The van der Waals surface area contributed by atoms with Gasteiger partial charge in [-0.3, -0.25) is 24.1 Å². The number of benzene rings is 2. The number of ketones is 1. The Morgan fingerprint density at radius 1 is 0.968 bits per heavy atom. The first-order valence-electron chi connectivity index (χ1n) is 9.71. The average molecular weight is 422 g/mol. The molecule has 0 fully saturated rings. The third-order valence-corrected chi connectivity index (χ3v) is 5.00. The van der Waals surface area contributed by atoms with E-state index in [1.165, 1.54) is 26.8 Å². The van der Waals surface area contributed by atoms with Crippen LogP contribution in [0.4, 0.5) is 5.69 Å². The largest absolute Gasteiger partial charge is 0.451 e. The second kappa shape index (κ2) is 8.51. The van der Waals surface area contributed by atoms with E-state index in [0.717, 1.165) is 10.5 Å². The molecule has 0 saturated heterocycles. The van der Waals surface area contributed by atoms with Crippen LogP contribution in [0.3, 0.4) is 0 Å². The highest BCUT2D eigenvalue weighted by molar-refractivity contribution is 6.22. The number of esters is 1. The topological polar surface area (TPSA) is 110 Å². The highest BCUT2D eigenvalue weighted by Gasteiger charge is 2.42. The molecular formula is C23H22N2O6. The number of hydrogen-bond donors (Lipinski definition) is 1. The standard InChI is InChI=1S/C23H22N2O6/c1-12-8-9-18-19(10-12)22(29)25(21(18)28)13(2)23(30)31-15(4)20(27)24-17-7-5-6-16(11-17)14(3)26/h5-11,13,15H,1-4H3,(H,24,27). The van der Waals surface area contributed by atoms with E-state index in [2.05, 4.69) is 5.32 Å². The highest BCUT2D eigenvalue weighted by atomic mass is 16.5. The number of nitrogens with zero attached hydrogens (tertiary/aromatic N) is 1. The van der Waals surface area contributed by atoms with E-state index in [9.17, 15) is 24.0 Å². The smallest absolute Gasteiger partial charge is 0.329 e. The lowest BCUT2D eigenvalue weighted by Crippen LogP contribution is -2.45. The molecule has 3 rings (SSSR count). The quantitative estimate of drug-likeness (QED) is 0.435. The maximum Gasteiger partial charge on any atom is 0.329 e. The number of Topliss-reactive ketones (excluding diaryl/α,β-unsaturated/α-hetero) is 1. The lowest BCUT2D eigenvalue weighted by Gasteiger charge is -2.22. The minimum absolute atomic E-state index is 0.152. The molecule has 2 atom stereocenters. The van der Waals surface area contributed by atoms with Crippen LogP contribution in [-0.2, 0) is 14.3 Å². The Kier molecular flexibility index (Phi) is 6.01. The highest BCUT2D eigenvalue weighted by Crippen LogP contribution is 2.26. The summed E-state index contributed by atoms with van der Waals surface area (Å²) < 4.78 is 5.19. The van der Waals surface area contributed by atoms with Gasteiger partial charge in [0.05, 0.1) is 11.1 Å². The van der Waals surface area contributed by atoms with Crippen molar-refractivity contribution in [2.24, 2.45) is 0 Å². The van der Waals surface area contributed by atoms with Crippen molar-refractivity contribution in [2.75, 3.05) is 5.32 Å². The van der Waals surface area contributed by atoms with Gasteiger partial charge in [-0.15, -0.1) is 0 Å². The van der Waals surface area contributed by atoms with Crippen molar-refractivity contribution in [1.29, 1.82) is 0 Å². The Bertz CT molecular complexity index is 1110. The molecule has 0 radical (unpaired) electrons. The number of amides is 3. The molecule has 2 aromatic carbocycles. The molecular weight excluding hydrogens is 400 g/mol. The zero-order chi connectivity index (χ0) is 22.9. The van der Waals surface area contributed by atoms with Crippen molar-refractivity contribution >= 4 is 35.2 Å². The number of carbonyl (C=O) groups excluding carboxylic acids is 5. The SMILES string of the molecule is CC(=O)c1cccc(NC(=O)C(C)OC(=O)C(C)N2C(=O)c3ccc(C)cc3C2=O)c1. The molecule has 2 aromatic rings. The lowest BCUT2D eigenvalue weighted by molar-refractivity contribution is -0.156. The first kappa shape index (κ1) is 21.9. The van der Waals surface area contributed by atoms with Crippen LogP contribution in [-0.4, -0.2) is 46.5 Å². The van der Waals surface area contributed by atoms with Gasteiger partial charge in [-0.25, -0.2) is 4.79 Å². The Morgan fingerprint density at radius 3 is 2.32 bits per heavy atom. The number of fused-ring (bicyclic) bond motifs is 1. The van der Waals surface area contributed by atoms with E-state index in [1.807, 2.05) is 0 Å².